The van der Waals surface area contributed by atoms with Crippen LogP contribution in [0, 0.1) is 18.7 Å². The third-order valence-electron chi connectivity index (χ3n) is 6.22. The van der Waals surface area contributed by atoms with E-state index >= 15 is 0 Å². The van der Waals surface area contributed by atoms with Gasteiger partial charge in [0.25, 0.3) is 0 Å². The van der Waals surface area contributed by atoms with Gasteiger partial charge < -0.3 is 10.2 Å². The lowest BCUT2D eigenvalue weighted by molar-refractivity contribution is -0.140. The lowest BCUT2D eigenvalue weighted by Gasteiger charge is -2.33. The van der Waals surface area contributed by atoms with E-state index < -0.39 is 34.3 Å². The number of carbonyl (C=O) groups is 2. The van der Waals surface area contributed by atoms with Crippen LogP contribution >= 0.6 is 0 Å². The maximum absolute atomic E-state index is 14.0. The number of nitrogens with one attached hydrogen (secondary N) is 1. The molecule has 0 bridgehead atoms. The van der Waals surface area contributed by atoms with Gasteiger partial charge in [-0.15, -0.1) is 0 Å². The quantitative estimate of drug-likeness (QED) is 0.362. The van der Waals surface area contributed by atoms with E-state index in [1.807, 2.05) is 75.4 Å². The number of rotatable bonds is 12. The minimum absolute atomic E-state index is 0.104. The number of halogens is 1. The van der Waals surface area contributed by atoms with E-state index in [0.29, 0.717) is 6.54 Å². The van der Waals surface area contributed by atoms with Crippen molar-refractivity contribution in [3.63, 3.8) is 0 Å². The fourth-order valence-electron chi connectivity index (χ4n) is 4.09. The van der Waals surface area contributed by atoms with Crippen molar-refractivity contribution >= 4 is 27.5 Å². The van der Waals surface area contributed by atoms with Crippen molar-refractivity contribution < 1.29 is 22.4 Å². The Morgan fingerprint density at radius 2 is 1.51 bits per heavy atom. The Kier molecular flexibility index (Phi) is 10.2. The Morgan fingerprint density at radius 3 is 2.08 bits per heavy atom. The van der Waals surface area contributed by atoms with Crippen LogP contribution in [0.4, 0.5) is 10.1 Å². The first-order valence-electron chi connectivity index (χ1n) is 12.8. The molecule has 0 radical (unpaired) electrons. The first-order chi connectivity index (χ1) is 18.4. The van der Waals surface area contributed by atoms with Crippen molar-refractivity contribution in [2.45, 2.75) is 39.8 Å². The molecule has 9 heteroatoms. The highest BCUT2D eigenvalue weighted by Crippen LogP contribution is 2.21. The average molecular weight is 554 g/mol. The van der Waals surface area contributed by atoms with Crippen LogP contribution in [0.5, 0.6) is 0 Å². The van der Waals surface area contributed by atoms with E-state index in [9.17, 15) is 22.4 Å². The van der Waals surface area contributed by atoms with Crippen LogP contribution in [0.3, 0.4) is 0 Å². The summed E-state index contributed by atoms with van der Waals surface area (Å²) in [4.78, 5) is 28.9. The summed E-state index contributed by atoms with van der Waals surface area (Å²) >= 11 is 0. The molecule has 3 aromatic carbocycles. The second-order valence-corrected chi connectivity index (χ2v) is 12.0. The van der Waals surface area contributed by atoms with Crippen LogP contribution in [-0.2, 0) is 32.6 Å². The van der Waals surface area contributed by atoms with Gasteiger partial charge in [-0.05, 0) is 48.2 Å². The SMILES string of the molecule is Cc1ccc(CN(C(=O)CN(c2ccc(F)cc2)S(C)(=O)=O)[C@H](Cc2ccccc2)C(=O)NCC(C)C)cc1. The minimum Gasteiger partial charge on any atom is -0.354 e. The number of benzene rings is 3. The number of aryl methyl sites for hydroxylation is 1. The fraction of sp³-hybridized carbons (Fsp3) is 0.333. The molecule has 0 spiro atoms. The largest absolute Gasteiger partial charge is 0.354 e. The second-order valence-electron chi connectivity index (χ2n) is 10.1. The molecule has 7 nitrogen and oxygen atoms in total. The number of carbonyl (C=O) groups excluding carboxylic acids is 2. The average Bonchev–Trinajstić information content (AvgIpc) is 2.89. The summed E-state index contributed by atoms with van der Waals surface area (Å²) in [5, 5.41) is 2.95. The van der Waals surface area contributed by atoms with Gasteiger partial charge in [0.2, 0.25) is 21.8 Å². The van der Waals surface area contributed by atoms with Gasteiger partial charge in [-0.25, -0.2) is 12.8 Å². The summed E-state index contributed by atoms with van der Waals surface area (Å²) in [5.74, 6) is -1.19. The molecule has 0 saturated heterocycles. The van der Waals surface area contributed by atoms with Crippen LogP contribution in [0.15, 0.2) is 78.9 Å². The van der Waals surface area contributed by atoms with E-state index in [-0.39, 0.29) is 30.5 Å². The van der Waals surface area contributed by atoms with Crippen molar-refractivity contribution in [3.8, 4) is 0 Å². The normalized spacial score (nSPS) is 12.2. The molecule has 3 aromatic rings. The number of sulfonamides is 1. The number of hydrogen-bond donors (Lipinski definition) is 1. The zero-order valence-corrected chi connectivity index (χ0v) is 23.6. The predicted molar refractivity (Wildman–Crippen MR) is 152 cm³/mol. The molecule has 1 N–H and O–H groups in total. The number of anilines is 1. The molecular formula is C30H36FN3O4S. The topological polar surface area (TPSA) is 86.8 Å². The van der Waals surface area contributed by atoms with Crippen LogP contribution < -0.4 is 9.62 Å². The molecule has 208 valence electrons. The molecular weight excluding hydrogens is 517 g/mol. The molecule has 2 amide bonds. The summed E-state index contributed by atoms with van der Waals surface area (Å²) in [7, 11) is -3.90. The lowest BCUT2D eigenvalue weighted by Crippen LogP contribution is -2.53. The maximum atomic E-state index is 14.0. The summed E-state index contributed by atoms with van der Waals surface area (Å²) in [6, 6.07) is 21.0. The van der Waals surface area contributed by atoms with Crippen molar-refractivity contribution in [1.29, 1.82) is 0 Å². The van der Waals surface area contributed by atoms with Gasteiger partial charge in [0.15, 0.2) is 0 Å². The fourth-order valence-corrected chi connectivity index (χ4v) is 4.94. The van der Waals surface area contributed by atoms with Gasteiger partial charge in [-0.2, -0.15) is 0 Å². The van der Waals surface area contributed by atoms with E-state index in [4.69, 9.17) is 0 Å². The Balaban J connectivity index is 2.03. The Labute approximate surface area is 230 Å². The summed E-state index contributed by atoms with van der Waals surface area (Å²) in [6.07, 6.45) is 1.24. The molecule has 39 heavy (non-hydrogen) atoms. The third kappa shape index (κ3) is 8.92. The van der Waals surface area contributed by atoms with E-state index in [1.54, 1.807) is 0 Å². The van der Waals surface area contributed by atoms with Gasteiger partial charge in [-0.1, -0.05) is 74.0 Å². The van der Waals surface area contributed by atoms with E-state index in [2.05, 4.69) is 5.32 Å². The first-order valence-corrected chi connectivity index (χ1v) is 14.7. The van der Waals surface area contributed by atoms with Crippen LogP contribution in [0.1, 0.15) is 30.5 Å². The standard InChI is InChI=1S/C30H36FN3O4S/c1-22(2)19-32-30(36)28(18-24-8-6-5-7-9-24)33(20-25-12-10-23(3)11-13-25)29(35)21-34(39(4,37)38)27-16-14-26(31)15-17-27/h5-17,22,28H,18-21H2,1-4H3,(H,32,36)/t28-/m1/s1. The van der Waals surface area contributed by atoms with Crippen molar-refractivity contribution in [2.24, 2.45) is 5.92 Å². The zero-order chi connectivity index (χ0) is 28.6. The molecule has 0 saturated carbocycles. The highest BCUT2D eigenvalue weighted by Gasteiger charge is 2.33. The van der Waals surface area contributed by atoms with Crippen LogP contribution in [0.25, 0.3) is 0 Å². The van der Waals surface area contributed by atoms with Crippen molar-refractivity contribution in [1.82, 2.24) is 10.2 Å². The van der Waals surface area contributed by atoms with Crippen LogP contribution in [0.2, 0.25) is 0 Å². The second kappa shape index (κ2) is 13.4. The molecule has 0 aliphatic carbocycles. The van der Waals surface area contributed by atoms with Crippen LogP contribution in [-0.4, -0.2) is 50.5 Å². The molecule has 0 fully saturated rings. The molecule has 0 aromatic heterocycles. The number of nitrogens with zero attached hydrogens (tertiary/aromatic N) is 2. The molecule has 0 aliphatic rings. The highest BCUT2D eigenvalue weighted by atomic mass is 32.2. The molecule has 0 aliphatic heterocycles. The molecule has 3 rings (SSSR count). The summed E-state index contributed by atoms with van der Waals surface area (Å²) in [5.41, 5.74) is 2.87. The molecule has 1 atom stereocenters. The van der Waals surface area contributed by atoms with Gasteiger partial charge in [0.1, 0.15) is 18.4 Å². The minimum atomic E-state index is -3.90. The highest BCUT2D eigenvalue weighted by molar-refractivity contribution is 7.92. The Morgan fingerprint density at radius 1 is 0.897 bits per heavy atom. The first kappa shape index (κ1) is 29.8. The third-order valence-corrected chi connectivity index (χ3v) is 7.36. The van der Waals surface area contributed by atoms with Gasteiger partial charge in [0.05, 0.1) is 11.9 Å². The van der Waals surface area contributed by atoms with Crippen molar-refractivity contribution in [2.75, 3.05) is 23.7 Å². The van der Waals surface area contributed by atoms with Crippen molar-refractivity contribution in [3.05, 3.63) is 101 Å². The predicted octanol–water partition coefficient (Wildman–Crippen LogP) is 4.31. The number of hydrogen-bond acceptors (Lipinski definition) is 4. The molecule has 0 heterocycles. The summed E-state index contributed by atoms with van der Waals surface area (Å²) in [6.45, 7) is 5.91. The summed E-state index contributed by atoms with van der Waals surface area (Å²) < 4.78 is 39.9. The van der Waals surface area contributed by atoms with Gasteiger partial charge in [0, 0.05) is 19.5 Å². The number of amides is 2. The van der Waals surface area contributed by atoms with Gasteiger partial charge in [-0.3, -0.25) is 13.9 Å². The Bertz CT molecular complexity index is 1350. The van der Waals surface area contributed by atoms with E-state index in [0.717, 1.165) is 39.4 Å². The smallest absolute Gasteiger partial charge is 0.244 e. The Hall–Kier alpha value is -3.72. The maximum Gasteiger partial charge on any atom is 0.244 e. The van der Waals surface area contributed by atoms with Gasteiger partial charge >= 0.3 is 0 Å². The lowest BCUT2D eigenvalue weighted by atomic mass is 10.0. The molecule has 0 unspecified atom stereocenters. The monoisotopic (exact) mass is 553 g/mol. The van der Waals surface area contributed by atoms with E-state index in [1.165, 1.54) is 17.0 Å². The zero-order valence-electron chi connectivity index (χ0n) is 22.8.